The van der Waals surface area contributed by atoms with E-state index in [4.69, 9.17) is 4.42 Å². The average Bonchev–Trinajstić information content (AvgIpc) is 3.81. The van der Waals surface area contributed by atoms with Crippen molar-refractivity contribution in [3.63, 3.8) is 0 Å². The summed E-state index contributed by atoms with van der Waals surface area (Å²) in [6, 6.07) is 68.1. The average molecular weight is 676 g/mol. The predicted molar refractivity (Wildman–Crippen MR) is 223 cm³/mol. The molecule has 11 rings (SSSR count). The van der Waals surface area contributed by atoms with Gasteiger partial charge in [0.25, 0.3) is 0 Å². The van der Waals surface area contributed by atoms with Crippen molar-refractivity contribution in [3.8, 4) is 33.4 Å². The molecule has 0 atom stereocenters. The van der Waals surface area contributed by atoms with E-state index in [1.165, 1.54) is 54.9 Å². The van der Waals surface area contributed by atoms with E-state index in [2.05, 4.69) is 193 Å². The molecule has 0 unspecified atom stereocenters. The molecule has 0 saturated carbocycles. The zero-order chi connectivity index (χ0) is 34.9. The summed E-state index contributed by atoms with van der Waals surface area (Å²) >= 11 is 0. The Morgan fingerprint density at radius 2 is 1.09 bits per heavy atom. The van der Waals surface area contributed by atoms with Crippen molar-refractivity contribution in [1.82, 2.24) is 0 Å². The maximum absolute atomic E-state index is 6.82. The van der Waals surface area contributed by atoms with Crippen LogP contribution < -0.4 is 4.90 Å². The van der Waals surface area contributed by atoms with Crippen molar-refractivity contribution in [3.05, 3.63) is 199 Å². The van der Waals surface area contributed by atoms with Crippen molar-refractivity contribution in [2.75, 3.05) is 4.90 Å². The van der Waals surface area contributed by atoms with Crippen LogP contribution in [0.15, 0.2) is 192 Å². The van der Waals surface area contributed by atoms with Crippen molar-refractivity contribution < 1.29 is 4.42 Å². The fourth-order valence-electron chi connectivity index (χ4n) is 8.70. The van der Waals surface area contributed by atoms with Gasteiger partial charge >= 0.3 is 0 Å². The van der Waals surface area contributed by atoms with Gasteiger partial charge in [0.15, 0.2) is 0 Å². The lowest BCUT2D eigenvalue weighted by molar-refractivity contribution is 0.670. The van der Waals surface area contributed by atoms with Gasteiger partial charge in [-0.2, -0.15) is 0 Å². The lowest BCUT2D eigenvalue weighted by Gasteiger charge is -2.29. The third kappa shape index (κ3) is 4.66. The highest BCUT2D eigenvalue weighted by molar-refractivity contribution is 6.18. The maximum atomic E-state index is 6.82. The molecule has 53 heavy (non-hydrogen) atoms. The van der Waals surface area contributed by atoms with Crippen LogP contribution in [0.1, 0.15) is 11.1 Å². The van der Waals surface area contributed by atoms with Crippen LogP contribution in [0.2, 0.25) is 0 Å². The van der Waals surface area contributed by atoms with Crippen LogP contribution in [-0.2, 0) is 6.42 Å². The predicted octanol–water partition coefficient (Wildman–Crippen LogP) is 14.3. The highest BCUT2D eigenvalue weighted by Crippen LogP contribution is 2.52. The summed E-state index contributed by atoms with van der Waals surface area (Å²) in [6.07, 6.45) is 0.886. The first-order chi connectivity index (χ1) is 26.3. The molecule has 2 heteroatoms. The monoisotopic (exact) mass is 675 g/mol. The molecule has 1 aliphatic carbocycles. The third-order valence-corrected chi connectivity index (χ3v) is 11.1. The molecule has 1 aromatic heterocycles. The molecule has 0 amide bonds. The summed E-state index contributed by atoms with van der Waals surface area (Å²) in [5, 5.41) is 7.16. The number of fused-ring (bicyclic) bond motifs is 9. The van der Waals surface area contributed by atoms with Crippen LogP contribution in [0.5, 0.6) is 0 Å². The molecule has 10 aromatic rings. The first kappa shape index (κ1) is 29.8. The Morgan fingerprint density at radius 3 is 1.92 bits per heavy atom. The van der Waals surface area contributed by atoms with E-state index in [0.717, 1.165) is 56.5 Å². The molecule has 9 aromatic carbocycles. The van der Waals surface area contributed by atoms with Gasteiger partial charge in [0.2, 0.25) is 0 Å². The van der Waals surface area contributed by atoms with Gasteiger partial charge in [0.1, 0.15) is 11.2 Å². The summed E-state index contributed by atoms with van der Waals surface area (Å²) in [4.78, 5) is 2.49. The van der Waals surface area contributed by atoms with E-state index in [9.17, 15) is 0 Å². The van der Waals surface area contributed by atoms with Crippen LogP contribution in [0.25, 0.3) is 76.9 Å². The van der Waals surface area contributed by atoms with Crippen LogP contribution in [0.4, 0.5) is 17.1 Å². The number of nitrogens with zero attached hydrogens (tertiary/aromatic N) is 1. The quantitative estimate of drug-likeness (QED) is 0.169. The zero-order valence-electron chi connectivity index (χ0n) is 29.0. The van der Waals surface area contributed by atoms with Gasteiger partial charge in [-0.25, -0.2) is 0 Å². The Hall–Kier alpha value is -6.90. The molecule has 248 valence electrons. The Kier molecular flexibility index (Phi) is 6.65. The van der Waals surface area contributed by atoms with Crippen molar-refractivity contribution in [1.29, 1.82) is 0 Å². The molecular weight excluding hydrogens is 643 g/mol. The van der Waals surface area contributed by atoms with E-state index in [-0.39, 0.29) is 0 Å². The van der Waals surface area contributed by atoms with Crippen molar-refractivity contribution >= 4 is 60.5 Å². The van der Waals surface area contributed by atoms with Crippen LogP contribution in [-0.4, -0.2) is 0 Å². The standard InChI is InChI=1S/C51H33NO/c1-3-13-33(14-4-1)40-21-12-22-42-45(40)31-37-18-11-23-46(49(37)42)52(38-28-27-36-26-25-35-17-7-8-19-39(35)44(36)32-38)47-30-29-41(34-15-5-2-6-16-34)51-50(47)43-20-9-10-24-48(43)53-51/h1-30,32H,31H2. The van der Waals surface area contributed by atoms with E-state index in [1.54, 1.807) is 0 Å². The molecule has 0 N–H and O–H groups in total. The number of anilines is 3. The van der Waals surface area contributed by atoms with Crippen LogP contribution in [0, 0.1) is 0 Å². The van der Waals surface area contributed by atoms with E-state index >= 15 is 0 Å². The highest BCUT2D eigenvalue weighted by atomic mass is 16.3. The van der Waals surface area contributed by atoms with Crippen molar-refractivity contribution in [2.24, 2.45) is 0 Å². The number of furan rings is 1. The Labute approximate surface area is 307 Å². The largest absolute Gasteiger partial charge is 0.455 e. The van der Waals surface area contributed by atoms with Gasteiger partial charge in [-0.1, -0.05) is 152 Å². The molecule has 2 nitrogen and oxygen atoms in total. The lowest BCUT2D eigenvalue weighted by Crippen LogP contribution is -2.12. The second kappa shape index (κ2) is 11.8. The minimum Gasteiger partial charge on any atom is -0.455 e. The summed E-state index contributed by atoms with van der Waals surface area (Å²) in [5.41, 5.74) is 15.2. The number of benzene rings is 9. The Morgan fingerprint density at radius 1 is 0.434 bits per heavy atom. The Balaban J connectivity index is 1.23. The van der Waals surface area contributed by atoms with E-state index in [1.807, 2.05) is 0 Å². The minimum atomic E-state index is 0.882. The van der Waals surface area contributed by atoms with Gasteiger partial charge in [0, 0.05) is 22.2 Å². The molecular formula is C51H33NO. The molecule has 0 aliphatic heterocycles. The van der Waals surface area contributed by atoms with Gasteiger partial charge < -0.3 is 9.32 Å². The van der Waals surface area contributed by atoms with Gasteiger partial charge in [-0.15, -0.1) is 0 Å². The number of para-hydroxylation sites is 1. The summed E-state index contributed by atoms with van der Waals surface area (Å²) in [5.74, 6) is 0. The zero-order valence-corrected chi connectivity index (χ0v) is 29.0. The smallest absolute Gasteiger partial charge is 0.145 e. The maximum Gasteiger partial charge on any atom is 0.145 e. The Bertz CT molecular complexity index is 3030. The molecule has 1 heterocycles. The van der Waals surface area contributed by atoms with E-state index < -0.39 is 0 Å². The molecule has 0 radical (unpaired) electrons. The van der Waals surface area contributed by atoms with Crippen LogP contribution >= 0.6 is 0 Å². The fourth-order valence-corrected chi connectivity index (χ4v) is 8.70. The summed E-state index contributed by atoms with van der Waals surface area (Å²) < 4.78 is 6.82. The summed E-state index contributed by atoms with van der Waals surface area (Å²) in [6.45, 7) is 0. The molecule has 0 bridgehead atoms. The number of hydrogen-bond donors (Lipinski definition) is 0. The number of rotatable bonds is 5. The SMILES string of the molecule is c1ccc(-c2cccc3c2Cc2cccc(N(c4ccc5ccc6ccccc6c5c4)c4ccc(-c5ccccc5)c5oc6ccccc6c45)c2-3)cc1. The van der Waals surface area contributed by atoms with Gasteiger partial charge in [0.05, 0.1) is 16.8 Å². The molecule has 1 aliphatic rings. The topological polar surface area (TPSA) is 16.4 Å². The normalized spacial score (nSPS) is 12.1. The first-order valence-corrected chi connectivity index (χ1v) is 18.3. The fraction of sp³-hybridized carbons (Fsp3) is 0.0196. The number of hydrogen-bond acceptors (Lipinski definition) is 2. The van der Waals surface area contributed by atoms with Gasteiger partial charge in [-0.05, 0) is 97.7 Å². The lowest BCUT2D eigenvalue weighted by atomic mass is 9.95. The molecule has 0 spiro atoms. The van der Waals surface area contributed by atoms with Crippen molar-refractivity contribution in [2.45, 2.75) is 6.42 Å². The molecule has 0 fully saturated rings. The third-order valence-electron chi connectivity index (χ3n) is 11.1. The first-order valence-electron chi connectivity index (χ1n) is 18.3. The molecule has 0 saturated heterocycles. The van der Waals surface area contributed by atoms with Crippen LogP contribution in [0.3, 0.4) is 0 Å². The summed E-state index contributed by atoms with van der Waals surface area (Å²) in [7, 11) is 0. The second-order valence-electron chi connectivity index (χ2n) is 14.0. The minimum absolute atomic E-state index is 0.882. The van der Waals surface area contributed by atoms with Gasteiger partial charge in [-0.3, -0.25) is 0 Å². The second-order valence-corrected chi connectivity index (χ2v) is 14.0. The van der Waals surface area contributed by atoms with E-state index in [0.29, 0.717) is 0 Å². The highest BCUT2D eigenvalue weighted by Gasteiger charge is 2.29.